The van der Waals surface area contributed by atoms with Crippen LogP contribution in [0.1, 0.15) is 25.7 Å². The monoisotopic (exact) mass is 326 g/mol. The van der Waals surface area contributed by atoms with E-state index in [-0.39, 0.29) is 24.0 Å². The smallest absolute Gasteiger partial charge is 0.279 e. The molecule has 2 saturated heterocycles. The highest BCUT2D eigenvalue weighted by Gasteiger charge is 2.32. The van der Waals surface area contributed by atoms with Gasteiger partial charge in [-0.15, -0.1) is 0 Å². The van der Waals surface area contributed by atoms with Gasteiger partial charge in [-0.1, -0.05) is 0 Å². The van der Waals surface area contributed by atoms with Gasteiger partial charge in [0.15, 0.2) is 9.84 Å². The third kappa shape index (κ3) is 4.14. The molecule has 2 aliphatic heterocycles. The fraction of sp³-hybridized carbons (Fsp3) is 1.00. The summed E-state index contributed by atoms with van der Waals surface area (Å²) < 4.78 is 51.3. The zero-order valence-electron chi connectivity index (χ0n) is 11.4. The number of aliphatic hydroxyl groups is 1. The predicted molar refractivity (Wildman–Crippen MR) is 75.1 cm³/mol. The fourth-order valence-electron chi connectivity index (χ4n) is 2.73. The topological polar surface area (TPSA) is 104 Å². The fourth-order valence-corrected chi connectivity index (χ4v) is 5.94. The lowest BCUT2D eigenvalue weighted by atomic mass is 10.00. The van der Waals surface area contributed by atoms with E-state index >= 15 is 0 Å². The molecule has 7 nitrogen and oxygen atoms in total. The molecule has 0 amide bonds. The van der Waals surface area contributed by atoms with Crippen molar-refractivity contribution in [3.05, 3.63) is 0 Å². The van der Waals surface area contributed by atoms with Crippen molar-refractivity contribution in [2.75, 3.05) is 31.2 Å². The van der Waals surface area contributed by atoms with E-state index in [0.717, 1.165) is 0 Å². The summed E-state index contributed by atoms with van der Waals surface area (Å²) in [6.07, 6.45) is 2.34. The lowest BCUT2D eigenvalue weighted by Crippen LogP contribution is -2.51. The van der Waals surface area contributed by atoms with Crippen LogP contribution in [0.4, 0.5) is 0 Å². The SMILES string of the molecule is O=S1(=O)CCCC(NS(=O)(=O)N2CCC(CO)CC2)C1. The summed E-state index contributed by atoms with van der Waals surface area (Å²) in [5.41, 5.74) is 0. The van der Waals surface area contributed by atoms with Crippen LogP contribution in [-0.4, -0.2) is 63.5 Å². The first-order valence-corrected chi connectivity index (χ1v) is 10.2. The van der Waals surface area contributed by atoms with Crippen LogP contribution in [-0.2, 0) is 20.0 Å². The quantitative estimate of drug-likeness (QED) is 0.697. The molecule has 9 heteroatoms. The molecule has 0 saturated carbocycles. The van der Waals surface area contributed by atoms with Gasteiger partial charge in [-0.25, -0.2) is 8.42 Å². The molecule has 0 spiro atoms. The largest absolute Gasteiger partial charge is 0.396 e. The van der Waals surface area contributed by atoms with Crippen molar-refractivity contribution in [2.45, 2.75) is 31.7 Å². The van der Waals surface area contributed by atoms with Crippen LogP contribution >= 0.6 is 0 Å². The van der Waals surface area contributed by atoms with E-state index in [1.807, 2.05) is 0 Å². The number of hydrogen-bond donors (Lipinski definition) is 2. The number of nitrogens with zero attached hydrogens (tertiary/aromatic N) is 1. The molecular weight excluding hydrogens is 304 g/mol. The highest BCUT2D eigenvalue weighted by Crippen LogP contribution is 2.20. The van der Waals surface area contributed by atoms with Crippen molar-refractivity contribution in [1.29, 1.82) is 0 Å². The van der Waals surface area contributed by atoms with Crippen LogP contribution in [0.3, 0.4) is 0 Å². The number of piperidine rings is 1. The Hall–Kier alpha value is -0.220. The van der Waals surface area contributed by atoms with Gasteiger partial charge in [0.1, 0.15) is 0 Å². The number of rotatable bonds is 4. The molecule has 2 aliphatic rings. The molecule has 20 heavy (non-hydrogen) atoms. The van der Waals surface area contributed by atoms with Gasteiger partial charge >= 0.3 is 0 Å². The van der Waals surface area contributed by atoms with E-state index in [2.05, 4.69) is 4.72 Å². The molecule has 0 aromatic heterocycles. The van der Waals surface area contributed by atoms with Gasteiger partial charge in [0.25, 0.3) is 10.2 Å². The van der Waals surface area contributed by atoms with Crippen molar-refractivity contribution in [1.82, 2.24) is 9.03 Å². The molecule has 1 unspecified atom stereocenters. The van der Waals surface area contributed by atoms with Gasteiger partial charge in [-0.3, -0.25) is 0 Å². The highest BCUT2D eigenvalue weighted by atomic mass is 32.2. The maximum Gasteiger partial charge on any atom is 0.279 e. The molecule has 2 N–H and O–H groups in total. The Kier molecular flexibility index (Phi) is 5.06. The first-order chi connectivity index (χ1) is 9.32. The number of nitrogens with one attached hydrogen (secondary N) is 1. The molecule has 0 radical (unpaired) electrons. The minimum Gasteiger partial charge on any atom is -0.396 e. The van der Waals surface area contributed by atoms with E-state index in [0.29, 0.717) is 38.8 Å². The molecule has 2 heterocycles. The number of hydrogen-bond acceptors (Lipinski definition) is 5. The molecule has 0 bridgehead atoms. The van der Waals surface area contributed by atoms with Crippen LogP contribution in [0.25, 0.3) is 0 Å². The lowest BCUT2D eigenvalue weighted by molar-refractivity contribution is 0.169. The van der Waals surface area contributed by atoms with Crippen LogP contribution in [0.5, 0.6) is 0 Å². The number of aliphatic hydroxyl groups excluding tert-OH is 1. The Morgan fingerprint density at radius 3 is 2.40 bits per heavy atom. The van der Waals surface area contributed by atoms with Crippen LogP contribution in [0, 0.1) is 5.92 Å². The number of sulfone groups is 1. The Bertz CT molecular complexity index is 523. The summed E-state index contributed by atoms with van der Waals surface area (Å²) in [5.74, 6) is 0.198. The van der Waals surface area contributed by atoms with Crippen LogP contribution < -0.4 is 4.72 Å². The van der Waals surface area contributed by atoms with E-state index in [4.69, 9.17) is 5.11 Å². The predicted octanol–water partition coefficient (Wildman–Crippen LogP) is -0.898. The summed E-state index contributed by atoms with van der Waals surface area (Å²) in [6, 6.07) is -0.519. The molecule has 0 aromatic carbocycles. The minimum absolute atomic E-state index is 0.0855. The van der Waals surface area contributed by atoms with Gasteiger partial charge in [0, 0.05) is 25.7 Å². The maximum atomic E-state index is 12.2. The van der Waals surface area contributed by atoms with Crippen molar-refractivity contribution in [3.63, 3.8) is 0 Å². The second kappa shape index (κ2) is 6.27. The average Bonchev–Trinajstić information content (AvgIpc) is 2.37. The summed E-state index contributed by atoms with van der Waals surface area (Å²) >= 11 is 0. The Labute approximate surface area is 120 Å². The molecule has 2 rings (SSSR count). The summed E-state index contributed by atoms with van der Waals surface area (Å²) in [4.78, 5) is 0. The van der Waals surface area contributed by atoms with Gasteiger partial charge in [-0.2, -0.15) is 17.4 Å². The summed E-state index contributed by atoms with van der Waals surface area (Å²) in [5, 5.41) is 9.05. The average molecular weight is 326 g/mol. The van der Waals surface area contributed by atoms with E-state index in [9.17, 15) is 16.8 Å². The van der Waals surface area contributed by atoms with E-state index in [1.54, 1.807) is 0 Å². The van der Waals surface area contributed by atoms with Crippen LogP contribution in [0.15, 0.2) is 0 Å². The first kappa shape index (κ1) is 16.2. The van der Waals surface area contributed by atoms with Crippen molar-refractivity contribution in [2.24, 2.45) is 5.92 Å². The van der Waals surface area contributed by atoms with Gasteiger partial charge in [0.05, 0.1) is 11.5 Å². The summed E-state index contributed by atoms with van der Waals surface area (Å²) in [7, 11) is -6.75. The molecule has 118 valence electrons. The zero-order valence-corrected chi connectivity index (χ0v) is 13.0. The highest BCUT2D eigenvalue weighted by molar-refractivity contribution is 7.91. The minimum atomic E-state index is -3.63. The van der Waals surface area contributed by atoms with E-state index < -0.39 is 26.1 Å². The third-order valence-electron chi connectivity index (χ3n) is 3.95. The van der Waals surface area contributed by atoms with Crippen LogP contribution in [0.2, 0.25) is 0 Å². The molecule has 0 aliphatic carbocycles. The Morgan fingerprint density at radius 2 is 1.85 bits per heavy atom. The van der Waals surface area contributed by atoms with Crippen molar-refractivity contribution in [3.8, 4) is 0 Å². The van der Waals surface area contributed by atoms with Gasteiger partial charge < -0.3 is 5.11 Å². The Morgan fingerprint density at radius 1 is 1.20 bits per heavy atom. The summed E-state index contributed by atoms with van der Waals surface area (Å²) in [6.45, 7) is 0.836. The van der Waals surface area contributed by atoms with E-state index in [1.165, 1.54) is 4.31 Å². The first-order valence-electron chi connectivity index (χ1n) is 6.91. The molecule has 0 aromatic rings. The standard InChI is InChI=1S/C11H22N2O5S2/c14-8-10-3-5-13(6-4-10)20(17,18)12-11-2-1-7-19(15,16)9-11/h10-12,14H,1-9H2. The maximum absolute atomic E-state index is 12.2. The van der Waals surface area contributed by atoms with Crippen molar-refractivity contribution >= 4 is 20.0 Å². The second-order valence-corrected chi connectivity index (χ2v) is 9.53. The molecular formula is C11H22N2O5S2. The van der Waals surface area contributed by atoms with Gasteiger partial charge in [0.2, 0.25) is 0 Å². The molecule has 2 fully saturated rings. The normalized spacial score (nSPS) is 29.4. The second-order valence-electron chi connectivity index (χ2n) is 5.60. The van der Waals surface area contributed by atoms with Crippen molar-refractivity contribution < 1.29 is 21.9 Å². The molecule has 1 atom stereocenters. The lowest BCUT2D eigenvalue weighted by Gasteiger charge is -2.32. The van der Waals surface area contributed by atoms with Gasteiger partial charge in [-0.05, 0) is 31.6 Å². The third-order valence-corrected chi connectivity index (χ3v) is 7.45. The zero-order chi connectivity index (χ0) is 14.8. The Balaban J connectivity index is 1.94.